The second-order valence-electron chi connectivity index (χ2n) is 16.0. The average molecular weight is 747 g/mol. The maximum Gasteiger partial charge on any atom is 0.104 e. The maximum atomic E-state index is 4.06. The van der Waals surface area contributed by atoms with Crippen molar-refractivity contribution in [3.05, 3.63) is 221 Å². The van der Waals surface area contributed by atoms with Crippen LogP contribution in [0, 0.1) is 0 Å². The van der Waals surface area contributed by atoms with Gasteiger partial charge in [0.2, 0.25) is 0 Å². The fraction of sp³-hybridized carbons (Fsp3) is 0.111. The van der Waals surface area contributed by atoms with Crippen molar-refractivity contribution in [2.45, 2.75) is 37.9 Å². The van der Waals surface area contributed by atoms with Gasteiger partial charge in [-0.2, -0.15) is 0 Å². The molecule has 4 heteroatoms. The standard InChI is InChI=1S/C54H42N4/c1-3-15-36(16-4-1)52-45-29-26-35-14-7-8-21-42(35)53(45)56-54(55-52)39-17-13-20-41(32-39)58-49-25-12-10-23-44(49)47-34-38(28-31-51(47)58)37-27-30-50-46(33-37)43-22-9-11-24-48(43)57(50)40-18-5-2-6-19-40/h1-25,27,30,32-34,52,54-56H,26,28-29,31H2. The van der Waals surface area contributed by atoms with Gasteiger partial charge >= 0.3 is 0 Å². The smallest absolute Gasteiger partial charge is 0.104 e. The SMILES string of the molecule is C1=C(c2ccc3c(c2)c2ccccc2n3-c2ccccc2)CCc2c1c1ccccc1n2-c1cccc(C2NC3=C(CCc4ccccc43)C(c3ccccc3)N2)c1. The number of nitrogens with zero attached hydrogens (tertiary/aromatic N) is 2. The molecule has 0 amide bonds. The summed E-state index contributed by atoms with van der Waals surface area (Å²) >= 11 is 0. The number of hydrogen-bond acceptors (Lipinski definition) is 2. The van der Waals surface area contributed by atoms with E-state index in [9.17, 15) is 0 Å². The van der Waals surface area contributed by atoms with Gasteiger partial charge in [-0.3, -0.25) is 5.32 Å². The Bertz CT molecular complexity index is 3130. The van der Waals surface area contributed by atoms with Crippen LogP contribution >= 0.6 is 0 Å². The third kappa shape index (κ3) is 5.25. The molecule has 0 spiro atoms. The first-order chi connectivity index (χ1) is 28.8. The molecule has 278 valence electrons. The van der Waals surface area contributed by atoms with Gasteiger partial charge in [0, 0.05) is 50.1 Å². The van der Waals surface area contributed by atoms with Crippen molar-refractivity contribution in [1.82, 2.24) is 19.8 Å². The van der Waals surface area contributed by atoms with Gasteiger partial charge in [-0.25, -0.2) is 0 Å². The molecule has 4 nitrogen and oxygen atoms in total. The first kappa shape index (κ1) is 33.3. The normalized spacial score (nSPS) is 17.5. The molecule has 2 N–H and O–H groups in total. The second kappa shape index (κ2) is 13.4. The van der Waals surface area contributed by atoms with Crippen molar-refractivity contribution >= 4 is 50.1 Å². The van der Waals surface area contributed by atoms with Crippen LogP contribution in [-0.2, 0) is 12.8 Å². The Labute approximate surface area is 338 Å². The topological polar surface area (TPSA) is 33.9 Å². The largest absolute Gasteiger partial charge is 0.365 e. The molecular formula is C54H42N4. The Morgan fingerprint density at radius 2 is 1.17 bits per heavy atom. The second-order valence-corrected chi connectivity index (χ2v) is 16.0. The number of aromatic nitrogens is 2. The summed E-state index contributed by atoms with van der Waals surface area (Å²) in [6, 6.07) is 64.8. The van der Waals surface area contributed by atoms with E-state index in [-0.39, 0.29) is 12.2 Å². The molecule has 0 saturated heterocycles. The molecule has 0 saturated carbocycles. The summed E-state index contributed by atoms with van der Waals surface area (Å²) in [6.45, 7) is 0. The summed E-state index contributed by atoms with van der Waals surface area (Å²) in [7, 11) is 0. The number of allylic oxidation sites excluding steroid dienone is 1. The van der Waals surface area contributed by atoms with Crippen molar-refractivity contribution in [2.75, 3.05) is 0 Å². The van der Waals surface area contributed by atoms with Crippen LogP contribution < -0.4 is 10.6 Å². The average Bonchev–Trinajstić information content (AvgIpc) is 3.81. The molecule has 2 aromatic heterocycles. The summed E-state index contributed by atoms with van der Waals surface area (Å²) in [6.07, 6.45) is 6.47. The fourth-order valence-electron chi connectivity index (χ4n) is 10.2. The predicted molar refractivity (Wildman–Crippen MR) is 240 cm³/mol. The third-order valence-corrected chi connectivity index (χ3v) is 12.9. The lowest BCUT2D eigenvalue weighted by atomic mass is 9.82. The van der Waals surface area contributed by atoms with E-state index in [1.54, 1.807) is 0 Å². The maximum absolute atomic E-state index is 4.06. The van der Waals surface area contributed by atoms with Crippen molar-refractivity contribution in [3.63, 3.8) is 0 Å². The van der Waals surface area contributed by atoms with Gasteiger partial charge in [0.1, 0.15) is 6.17 Å². The Morgan fingerprint density at radius 1 is 0.483 bits per heavy atom. The molecule has 2 aliphatic carbocycles. The van der Waals surface area contributed by atoms with Crippen LogP contribution in [0.1, 0.15) is 64.1 Å². The summed E-state index contributed by atoms with van der Waals surface area (Å²) < 4.78 is 4.92. The molecule has 3 aliphatic rings. The molecule has 7 aromatic carbocycles. The molecule has 2 atom stereocenters. The van der Waals surface area contributed by atoms with E-state index >= 15 is 0 Å². The van der Waals surface area contributed by atoms with Gasteiger partial charge in [-0.15, -0.1) is 0 Å². The number of benzene rings is 7. The Hall–Kier alpha value is -6.88. The molecule has 12 rings (SSSR count). The van der Waals surface area contributed by atoms with E-state index in [0.717, 1.165) is 25.7 Å². The highest BCUT2D eigenvalue weighted by Crippen LogP contribution is 2.43. The molecule has 0 radical (unpaired) electrons. The fourth-order valence-corrected chi connectivity index (χ4v) is 10.2. The quantitative estimate of drug-likeness (QED) is 0.184. The van der Waals surface area contributed by atoms with Crippen LogP contribution in [-0.4, -0.2) is 9.13 Å². The van der Waals surface area contributed by atoms with Crippen LogP contribution in [0.4, 0.5) is 0 Å². The lowest BCUT2D eigenvalue weighted by Gasteiger charge is -2.40. The number of nitrogens with one attached hydrogen (secondary N) is 2. The molecule has 1 aliphatic heterocycles. The zero-order valence-corrected chi connectivity index (χ0v) is 32.2. The van der Waals surface area contributed by atoms with Crippen molar-refractivity contribution < 1.29 is 0 Å². The number of aryl methyl sites for hydroxylation is 1. The van der Waals surface area contributed by atoms with Crippen molar-refractivity contribution in [3.8, 4) is 11.4 Å². The highest BCUT2D eigenvalue weighted by atomic mass is 15.2. The van der Waals surface area contributed by atoms with E-state index in [1.165, 1.54) is 100 Å². The molecule has 58 heavy (non-hydrogen) atoms. The molecule has 0 bridgehead atoms. The minimum Gasteiger partial charge on any atom is -0.365 e. The minimum atomic E-state index is -0.0537. The predicted octanol–water partition coefficient (Wildman–Crippen LogP) is 12.5. The van der Waals surface area contributed by atoms with Crippen LogP contribution in [0.25, 0.3) is 61.4 Å². The summed E-state index contributed by atoms with van der Waals surface area (Å²) in [4.78, 5) is 0. The van der Waals surface area contributed by atoms with Crippen molar-refractivity contribution in [1.29, 1.82) is 0 Å². The van der Waals surface area contributed by atoms with Gasteiger partial charge in [-0.1, -0.05) is 127 Å². The zero-order chi connectivity index (χ0) is 38.2. The van der Waals surface area contributed by atoms with Gasteiger partial charge in [0.25, 0.3) is 0 Å². The van der Waals surface area contributed by atoms with Crippen LogP contribution in [0.2, 0.25) is 0 Å². The molecule has 9 aromatic rings. The minimum absolute atomic E-state index is 0.0537. The Balaban J connectivity index is 0.945. The first-order valence-corrected chi connectivity index (χ1v) is 20.7. The van der Waals surface area contributed by atoms with Crippen LogP contribution in [0.3, 0.4) is 0 Å². The van der Waals surface area contributed by atoms with E-state index in [1.807, 2.05) is 0 Å². The molecule has 3 heterocycles. The summed E-state index contributed by atoms with van der Waals surface area (Å²) in [5, 5.41) is 11.9. The summed E-state index contributed by atoms with van der Waals surface area (Å²) in [5.41, 5.74) is 19.6. The number of fused-ring (bicyclic) bond motifs is 8. The lowest BCUT2D eigenvalue weighted by Crippen LogP contribution is -2.43. The van der Waals surface area contributed by atoms with E-state index in [2.05, 4.69) is 202 Å². The third-order valence-electron chi connectivity index (χ3n) is 12.9. The Morgan fingerprint density at radius 3 is 2.03 bits per heavy atom. The number of para-hydroxylation sites is 3. The first-order valence-electron chi connectivity index (χ1n) is 20.7. The molecule has 0 fully saturated rings. The van der Waals surface area contributed by atoms with Gasteiger partial charge < -0.3 is 14.5 Å². The van der Waals surface area contributed by atoms with E-state index in [4.69, 9.17) is 0 Å². The van der Waals surface area contributed by atoms with E-state index < -0.39 is 0 Å². The molecular weight excluding hydrogens is 705 g/mol. The number of hydrogen-bond donors (Lipinski definition) is 2. The Kier molecular flexibility index (Phi) is 7.67. The lowest BCUT2D eigenvalue weighted by molar-refractivity contribution is 0.416. The molecule has 2 unspecified atom stereocenters. The number of rotatable bonds is 5. The van der Waals surface area contributed by atoms with Crippen molar-refractivity contribution in [2.24, 2.45) is 0 Å². The summed E-state index contributed by atoms with van der Waals surface area (Å²) in [5.74, 6) is 0. The van der Waals surface area contributed by atoms with Gasteiger partial charge in [0.15, 0.2) is 0 Å². The monoisotopic (exact) mass is 746 g/mol. The van der Waals surface area contributed by atoms with Gasteiger partial charge in [-0.05, 0) is 114 Å². The highest BCUT2D eigenvalue weighted by Gasteiger charge is 2.33. The van der Waals surface area contributed by atoms with Crippen LogP contribution in [0.15, 0.2) is 181 Å². The van der Waals surface area contributed by atoms with Gasteiger partial charge in [0.05, 0.1) is 22.6 Å². The zero-order valence-electron chi connectivity index (χ0n) is 32.2. The van der Waals surface area contributed by atoms with E-state index in [0.29, 0.717) is 0 Å². The highest BCUT2D eigenvalue weighted by molar-refractivity contribution is 6.10. The van der Waals surface area contributed by atoms with Crippen LogP contribution in [0.5, 0.6) is 0 Å².